The number of aromatic nitrogens is 2. The number of para-hydroxylation sites is 1. The fourth-order valence-corrected chi connectivity index (χ4v) is 4.34. The van der Waals surface area contributed by atoms with Crippen molar-refractivity contribution in [1.29, 1.82) is 0 Å². The van der Waals surface area contributed by atoms with Crippen LogP contribution in [0.4, 0.5) is 14.5 Å². The zero-order valence-electron chi connectivity index (χ0n) is 13.8. The Morgan fingerprint density at radius 3 is 2.60 bits per heavy atom. The molecule has 0 aliphatic carbocycles. The molecule has 2 heterocycles. The van der Waals surface area contributed by atoms with Crippen LogP contribution in [0.3, 0.4) is 0 Å². The summed E-state index contributed by atoms with van der Waals surface area (Å²) in [6.07, 6.45) is 1.46. The number of carbonyl (C=O) groups excluding carboxylic acids is 1. The third-order valence-corrected chi connectivity index (χ3v) is 6.01. The molecule has 0 aliphatic heterocycles. The molecule has 1 aromatic carbocycles. The van der Waals surface area contributed by atoms with Crippen molar-refractivity contribution < 1.29 is 13.6 Å². The average Bonchev–Trinajstić information content (AvgIpc) is 2.86. The van der Waals surface area contributed by atoms with Crippen LogP contribution in [-0.2, 0) is 4.79 Å². The van der Waals surface area contributed by atoms with E-state index in [2.05, 4.69) is 15.3 Å². The summed E-state index contributed by atoms with van der Waals surface area (Å²) in [7, 11) is 0. The van der Waals surface area contributed by atoms with Crippen LogP contribution in [0.2, 0.25) is 0 Å². The van der Waals surface area contributed by atoms with E-state index in [-0.39, 0.29) is 0 Å². The molecule has 0 fully saturated rings. The van der Waals surface area contributed by atoms with Gasteiger partial charge in [-0.05, 0) is 38.5 Å². The Morgan fingerprint density at radius 2 is 1.92 bits per heavy atom. The van der Waals surface area contributed by atoms with Crippen molar-refractivity contribution in [2.75, 3.05) is 5.32 Å². The van der Waals surface area contributed by atoms with Crippen LogP contribution in [0, 0.1) is 25.5 Å². The van der Waals surface area contributed by atoms with E-state index in [1.165, 1.54) is 24.2 Å². The summed E-state index contributed by atoms with van der Waals surface area (Å²) in [4.78, 5) is 22.9. The Labute approximate surface area is 151 Å². The average molecular weight is 379 g/mol. The van der Waals surface area contributed by atoms with E-state index in [4.69, 9.17) is 0 Å². The van der Waals surface area contributed by atoms with Crippen LogP contribution in [0.25, 0.3) is 10.2 Å². The molecule has 1 atom stereocenters. The number of carbonyl (C=O) groups is 1. The molecule has 1 N–H and O–H groups in total. The maximum Gasteiger partial charge on any atom is 0.237 e. The molecule has 0 saturated heterocycles. The zero-order valence-corrected chi connectivity index (χ0v) is 15.4. The van der Waals surface area contributed by atoms with Gasteiger partial charge < -0.3 is 5.32 Å². The van der Waals surface area contributed by atoms with Crippen LogP contribution in [0.15, 0.2) is 29.6 Å². The van der Waals surface area contributed by atoms with Crippen molar-refractivity contribution in [2.24, 2.45) is 0 Å². The number of halogens is 2. The molecule has 0 bridgehead atoms. The lowest BCUT2D eigenvalue weighted by Crippen LogP contribution is -2.23. The lowest BCUT2D eigenvalue weighted by Gasteiger charge is -2.13. The minimum absolute atomic E-state index is 0.435. The second-order valence-corrected chi connectivity index (χ2v) is 8.02. The quantitative estimate of drug-likeness (QED) is 0.527. The smallest absolute Gasteiger partial charge is 0.237 e. The monoisotopic (exact) mass is 379 g/mol. The van der Waals surface area contributed by atoms with E-state index in [1.807, 2.05) is 13.8 Å². The van der Waals surface area contributed by atoms with Gasteiger partial charge in [0.2, 0.25) is 5.91 Å². The van der Waals surface area contributed by atoms with Gasteiger partial charge in [0, 0.05) is 10.3 Å². The molecule has 3 rings (SSSR count). The highest BCUT2D eigenvalue weighted by molar-refractivity contribution is 8.00. The number of rotatable bonds is 4. The first kappa shape index (κ1) is 17.8. The number of thiophene rings is 1. The molecule has 0 aliphatic rings. The number of benzene rings is 1. The molecule has 0 spiro atoms. The molecule has 1 unspecified atom stereocenters. The van der Waals surface area contributed by atoms with Crippen LogP contribution >= 0.6 is 23.1 Å². The number of thioether (sulfide) groups is 1. The Bertz CT molecular complexity index is 938. The lowest BCUT2D eigenvalue weighted by atomic mass is 10.2. The summed E-state index contributed by atoms with van der Waals surface area (Å²) < 4.78 is 27.4. The highest BCUT2D eigenvalue weighted by atomic mass is 32.2. The summed E-state index contributed by atoms with van der Waals surface area (Å²) in [6, 6.07) is 3.45. The predicted octanol–water partition coefficient (Wildman–Crippen LogP) is 4.71. The fourth-order valence-electron chi connectivity index (χ4n) is 2.30. The van der Waals surface area contributed by atoms with Gasteiger partial charge in [-0.25, -0.2) is 18.7 Å². The first-order chi connectivity index (χ1) is 11.9. The number of aryl methyl sites for hydroxylation is 2. The minimum Gasteiger partial charge on any atom is -0.320 e. The lowest BCUT2D eigenvalue weighted by molar-refractivity contribution is -0.115. The van der Waals surface area contributed by atoms with E-state index in [0.29, 0.717) is 5.03 Å². The van der Waals surface area contributed by atoms with Crippen molar-refractivity contribution in [1.82, 2.24) is 9.97 Å². The van der Waals surface area contributed by atoms with Gasteiger partial charge in [-0.15, -0.1) is 11.3 Å². The van der Waals surface area contributed by atoms with E-state index >= 15 is 0 Å². The molecule has 8 heteroatoms. The first-order valence-electron chi connectivity index (χ1n) is 7.50. The molecular formula is C17H15F2N3OS2. The number of nitrogens with zero attached hydrogens (tertiary/aromatic N) is 2. The van der Waals surface area contributed by atoms with Crippen LogP contribution < -0.4 is 5.32 Å². The van der Waals surface area contributed by atoms with Crippen LogP contribution in [0.5, 0.6) is 0 Å². The van der Waals surface area contributed by atoms with Crippen molar-refractivity contribution >= 4 is 44.9 Å². The third-order valence-electron chi connectivity index (χ3n) is 3.80. The van der Waals surface area contributed by atoms with E-state index in [9.17, 15) is 13.6 Å². The predicted molar refractivity (Wildman–Crippen MR) is 97.2 cm³/mol. The second-order valence-electron chi connectivity index (χ2n) is 5.49. The highest BCUT2D eigenvalue weighted by Crippen LogP contribution is 2.36. The summed E-state index contributed by atoms with van der Waals surface area (Å²) in [5.41, 5.74) is 0.645. The Hall–Kier alpha value is -2.06. The van der Waals surface area contributed by atoms with Gasteiger partial charge >= 0.3 is 0 Å². The maximum atomic E-state index is 13.7. The maximum absolute atomic E-state index is 13.7. The number of anilines is 1. The number of nitrogens with one attached hydrogen (secondary N) is 1. The van der Waals surface area contributed by atoms with Gasteiger partial charge in [-0.1, -0.05) is 17.8 Å². The summed E-state index contributed by atoms with van der Waals surface area (Å²) >= 11 is 2.81. The normalized spacial score (nSPS) is 12.4. The number of fused-ring (bicyclic) bond motifs is 1. The SMILES string of the molecule is Cc1sc2ncnc(SC(C)C(=O)Nc3c(F)cccc3F)c2c1C. The van der Waals surface area contributed by atoms with Crippen LogP contribution in [-0.4, -0.2) is 21.1 Å². The Balaban J connectivity index is 1.83. The Kier molecular flexibility index (Phi) is 5.01. The molecule has 2 aromatic heterocycles. The van der Waals surface area contributed by atoms with E-state index in [0.717, 1.165) is 32.8 Å². The van der Waals surface area contributed by atoms with Gasteiger partial charge in [0.25, 0.3) is 0 Å². The van der Waals surface area contributed by atoms with Crippen LogP contribution in [0.1, 0.15) is 17.4 Å². The standard InChI is InChI=1S/C17H15F2N3OS2/c1-8-9(2)24-16-13(8)17(21-7-20-16)25-10(3)15(23)22-14-11(18)5-4-6-12(14)19/h4-7,10H,1-3H3,(H,22,23). The minimum atomic E-state index is -0.806. The molecule has 3 aromatic rings. The first-order valence-corrected chi connectivity index (χ1v) is 9.20. The van der Waals surface area contributed by atoms with Crippen molar-refractivity contribution in [3.63, 3.8) is 0 Å². The van der Waals surface area contributed by atoms with Crippen molar-refractivity contribution in [2.45, 2.75) is 31.0 Å². The fraction of sp³-hybridized carbons (Fsp3) is 0.235. The van der Waals surface area contributed by atoms with Crippen molar-refractivity contribution in [3.8, 4) is 0 Å². The third kappa shape index (κ3) is 3.50. The summed E-state index contributed by atoms with van der Waals surface area (Å²) in [6.45, 7) is 5.66. The van der Waals surface area contributed by atoms with E-state index in [1.54, 1.807) is 18.3 Å². The molecule has 130 valence electrons. The molecule has 25 heavy (non-hydrogen) atoms. The molecular weight excluding hydrogens is 364 g/mol. The molecule has 0 radical (unpaired) electrons. The summed E-state index contributed by atoms with van der Waals surface area (Å²) in [5, 5.41) is 3.34. The highest BCUT2D eigenvalue weighted by Gasteiger charge is 2.21. The van der Waals surface area contributed by atoms with E-state index < -0.39 is 28.5 Å². The Morgan fingerprint density at radius 1 is 1.24 bits per heavy atom. The second kappa shape index (κ2) is 7.05. The van der Waals surface area contributed by atoms with Gasteiger partial charge in [0.15, 0.2) is 0 Å². The van der Waals surface area contributed by atoms with Gasteiger partial charge in [0.1, 0.15) is 33.5 Å². The zero-order chi connectivity index (χ0) is 18.1. The van der Waals surface area contributed by atoms with Gasteiger partial charge in [0.05, 0.1) is 5.25 Å². The number of hydrogen-bond donors (Lipinski definition) is 1. The number of amides is 1. The largest absolute Gasteiger partial charge is 0.320 e. The molecule has 0 saturated carbocycles. The van der Waals surface area contributed by atoms with Crippen molar-refractivity contribution in [3.05, 3.63) is 46.6 Å². The summed E-state index contributed by atoms with van der Waals surface area (Å²) in [5.74, 6) is -2.11. The van der Waals surface area contributed by atoms with Gasteiger partial charge in [-0.2, -0.15) is 0 Å². The van der Waals surface area contributed by atoms with Gasteiger partial charge in [-0.3, -0.25) is 4.79 Å². The topological polar surface area (TPSA) is 54.9 Å². The molecule has 4 nitrogen and oxygen atoms in total. The number of hydrogen-bond acceptors (Lipinski definition) is 5. The molecule has 1 amide bonds.